The lowest BCUT2D eigenvalue weighted by atomic mass is 10.0. The van der Waals surface area contributed by atoms with E-state index in [0.29, 0.717) is 4.88 Å². The highest BCUT2D eigenvalue weighted by Gasteiger charge is 2.74. The average Bonchev–Trinajstić information content (AvgIpc) is 3.00. The van der Waals surface area contributed by atoms with Crippen molar-refractivity contribution in [3.05, 3.63) is 28.7 Å². The SMILES string of the molecule is CCc1oc(C(O)(C(F)(F)F)C(F)(F)F)nc1-c1cc(C)cs1. The minimum absolute atomic E-state index is 0.0189. The van der Waals surface area contributed by atoms with Gasteiger partial charge >= 0.3 is 18.0 Å². The van der Waals surface area contributed by atoms with Gasteiger partial charge in [-0.25, -0.2) is 4.98 Å². The molecule has 0 saturated carbocycles. The van der Waals surface area contributed by atoms with Gasteiger partial charge in [0.25, 0.3) is 0 Å². The van der Waals surface area contributed by atoms with Gasteiger partial charge in [0.05, 0.1) is 4.88 Å². The number of thiophene rings is 1. The van der Waals surface area contributed by atoms with Gasteiger partial charge in [-0.3, -0.25) is 0 Å². The molecule has 0 aliphatic heterocycles. The summed E-state index contributed by atoms with van der Waals surface area (Å²) in [7, 11) is 0. The lowest BCUT2D eigenvalue weighted by Crippen LogP contribution is -2.54. The maximum absolute atomic E-state index is 12.9. The molecule has 0 aliphatic rings. The van der Waals surface area contributed by atoms with Crippen LogP contribution in [-0.4, -0.2) is 22.4 Å². The van der Waals surface area contributed by atoms with E-state index in [4.69, 9.17) is 0 Å². The maximum Gasteiger partial charge on any atom is 0.435 e. The molecule has 2 aromatic rings. The van der Waals surface area contributed by atoms with Gasteiger partial charge in [-0.15, -0.1) is 11.3 Å². The first-order valence-corrected chi connectivity index (χ1v) is 7.21. The van der Waals surface area contributed by atoms with Crippen LogP contribution in [0.1, 0.15) is 24.1 Å². The van der Waals surface area contributed by atoms with Crippen molar-refractivity contribution in [3.8, 4) is 10.6 Å². The van der Waals surface area contributed by atoms with Crippen molar-refractivity contribution in [2.45, 2.75) is 38.2 Å². The molecule has 2 heterocycles. The molecule has 0 amide bonds. The highest BCUT2D eigenvalue weighted by Crippen LogP contribution is 2.50. The molecule has 0 unspecified atom stereocenters. The Morgan fingerprint density at radius 2 is 1.74 bits per heavy atom. The lowest BCUT2D eigenvalue weighted by molar-refractivity contribution is -0.382. The normalized spacial score (nSPS) is 13.6. The summed E-state index contributed by atoms with van der Waals surface area (Å²) < 4.78 is 81.9. The second kappa shape index (κ2) is 5.52. The first kappa shape index (κ1) is 17.8. The number of rotatable bonds is 3. The molecule has 0 radical (unpaired) electrons. The van der Waals surface area contributed by atoms with Crippen molar-refractivity contribution in [1.82, 2.24) is 4.98 Å². The molecule has 128 valence electrons. The minimum atomic E-state index is -6.02. The van der Waals surface area contributed by atoms with Crippen LogP contribution in [-0.2, 0) is 12.0 Å². The predicted octanol–water partition coefficient (Wildman–Crippen LogP) is 4.59. The number of aryl methyl sites for hydroxylation is 2. The number of halogens is 6. The van der Waals surface area contributed by atoms with Crippen LogP contribution in [0.25, 0.3) is 10.6 Å². The third-order valence-corrected chi connectivity index (χ3v) is 4.17. The van der Waals surface area contributed by atoms with Gasteiger partial charge in [-0.1, -0.05) is 6.92 Å². The van der Waals surface area contributed by atoms with E-state index in [-0.39, 0.29) is 17.9 Å². The summed E-state index contributed by atoms with van der Waals surface area (Å²) in [6.45, 7) is 3.21. The molecule has 10 heteroatoms. The number of aromatic nitrogens is 1. The van der Waals surface area contributed by atoms with E-state index in [1.807, 2.05) is 0 Å². The molecule has 0 aromatic carbocycles. The standard InChI is InChI=1S/C13H11F6NO2S/c1-3-7-9(8-4-6(2)5-23-8)20-10(22-7)11(21,12(14,15)16)13(17,18)19/h4-5,21H,3H2,1-2H3. The second-order valence-electron chi connectivity index (χ2n) is 4.84. The number of hydrogen-bond donors (Lipinski definition) is 1. The number of alkyl halides is 6. The van der Waals surface area contributed by atoms with Crippen molar-refractivity contribution in [2.24, 2.45) is 0 Å². The van der Waals surface area contributed by atoms with Crippen LogP contribution in [0.15, 0.2) is 15.9 Å². The Morgan fingerprint density at radius 3 is 2.13 bits per heavy atom. The fourth-order valence-corrected chi connectivity index (χ4v) is 2.80. The molecule has 0 atom stereocenters. The molecule has 2 aromatic heterocycles. The highest BCUT2D eigenvalue weighted by atomic mass is 32.1. The number of hydrogen-bond acceptors (Lipinski definition) is 4. The molecule has 3 nitrogen and oxygen atoms in total. The van der Waals surface area contributed by atoms with Crippen LogP contribution < -0.4 is 0 Å². The second-order valence-corrected chi connectivity index (χ2v) is 5.75. The van der Waals surface area contributed by atoms with Crippen LogP contribution in [0.5, 0.6) is 0 Å². The van der Waals surface area contributed by atoms with E-state index in [1.165, 1.54) is 6.92 Å². The van der Waals surface area contributed by atoms with Crippen molar-refractivity contribution in [3.63, 3.8) is 0 Å². The Morgan fingerprint density at radius 1 is 1.17 bits per heavy atom. The van der Waals surface area contributed by atoms with Crippen molar-refractivity contribution < 1.29 is 35.9 Å². The van der Waals surface area contributed by atoms with E-state index in [9.17, 15) is 31.4 Å². The first-order chi connectivity index (χ1) is 10.4. The highest BCUT2D eigenvalue weighted by molar-refractivity contribution is 7.13. The third kappa shape index (κ3) is 2.85. The summed E-state index contributed by atoms with van der Waals surface area (Å²) in [4.78, 5) is 3.69. The molecule has 0 aliphatic carbocycles. The van der Waals surface area contributed by atoms with Crippen molar-refractivity contribution >= 4 is 11.3 Å². The van der Waals surface area contributed by atoms with Gasteiger partial charge in [0, 0.05) is 6.42 Å². The third-order valence-electron chi connectivity index (χ3n) is 3.11. The van der Waals surface area contributed by atoms with E-state index in [1.54, 1.807) is 18.4 Å². The zero-order valence-electron chi connectivity index (χ0n) is 11.8. The lowest BCUT2D eigenvalue weighted by Gasteiger charge is -2.29. The Balaban J connectivity index is 2.66. The summed E-state index contributed by atoms with van der Waals surface area (Å²) in [5.41, 5.74) is -4.51. The molecule has 0 spiro atoms. The predicted molar refractivity (Wildman–Crippen MR) is 69.9 cm³/mol. The number of nitrogens with zero attached hydrogens (tertiary/aromatic N) is 1. The van der Waals surface area contributed by atoms with Gasteiger partial charge in [-0.2, -0.15) is 26.3 Å². The van der Waals surface area contributed by atoms with Gasteiger partial charge in [-0.05, 0) is 23.9 Å². The van der Waals surface area contributed by atoms with E-state index in [2.05, 4.69) is 9.40 Å². The number of oxazole rings is 1. The summed E-state index contributed by atoms with van der Waals surface area (Å²) >= 11 is 1.10. The maximum atomic E-state index is 12.9. The Hall–Kier alpha value is -1.55. The van der Waals surface area contributed by atoms with Gasteiger partial charge < -0.3 is 9.52 Å². The van der Waals surface area contributed by atoms with E-state index < -0.39 is 23.8 Å². The average molecular weight is 359 g/mol. The molecule has 2 rings (SSSR count). The Bertz CT molecular complexity index is 686. The molecule has 23 heavy (non-hydrogen) atoms. The quantitative estimate of drug-likeness (QED) is 0.816. The van der Waals surface area contributed by atoms with Crippen LogP contribution in [0.3, 0.4) is 0 Å². The molecule has 1 N–H and O–H groups in total. The largest absolute Gasteiger partial charge is 0.441 e. The van der Waals surface area contributed by atoms with Crippen molar-refractivity contribution in [1.29, 1.82) is 0 Å². The minimum Gasteiger partial charge on any atom is -0.441 e. The zero-order valence-corrected chi connectivity index (χ0v) is 12.7. The summed E-state index contributed by atoms with van der Waals surface area (Å²) in [6.07, 6.45) is -12.0. The zero-order chi connectivity index (χ0) is 17.6. The van der Waals surface area contributed by atoms with Crippen LogP contribution in [0, 0.1) is 6.92 Å². The van der Waals surface area contributed by atoms with Gasteiger partial charge in [0.1, 0.15) is 11.5 Å². The van der Waals surface area contributed by atoms with Gasteiger partial charge in [0.15, 0.2) is 0 Å². The molecular weight excluding hydrogens is 348 g/mol. The number of aliphatic hydroxyl groups is 1. The monoisotopic (exact) mass is 359 g/mol. The van der Waals surface area contributed by atoms with Gasteiger partial charge in [0.2, 0.25) is 5.89 Å². The molecule has 0 fully saturated rings. The van der Waals surface area contributed by atoms with E-state index in [0.717, 1.165) is 16.9 Å². The molecule has 0 saturated heterocycles. The smallest absolute Gasteiger partial charge is 0.435 e. The van der Waals surface area contributed by atoms with E-state index >= 15 is 0 Å². The fourth-order valence-electron chi connectivity index (χ4n) is 1.90. The Labute approximate surface area is 130 Å². The molecule has 0 bridgehead atoms. The Kier molecular flexibility index (Phi) is 4.27. The summed E-state index contributed by atoms with van der Waals surface area (Å²) in [5, 5.41) is 11.0. The van der Waals surface area contributed by atoms with Crippen LogP contribution >= 0.6 is 11.3 Å². The summed E-state index contributed by atoms with van der Waals surface area (Å²) in [6, 6.07) is 1.56. The van der Waals surface area contributed by atoms with Crippen molar-refractivity contribution in [2.75, 3.05) is 0 Å². The first-order valence-electron chi connectivity index (χ1n) is 6.33. The topological polar surface area (TPSA) is 46.3 Å². The molecular formula is C13H11F6NO2S. The summed E-state index contributed by atoms with van der Waals surface area (Å²) in [5.74, 6) is -1.98. The fraction of sp³-hybridized carbons (Fsp3) is 0.462. The van der Waals surface area contributed by atoms with Crippen LogP contribution in [0.4, 0.5) is 26.3 Å². The van der Waals surface area contributed by atoms with Crippen LogP contribution in [0.2, 0.25) is 0 Å².